The van der Waals surface area contributed by atoms with Crippen LogP contribution in [0.25, 0.3) is 0 Å². The quantitative estimate of drug-likeness (QED) is 0.640. The van der Waals surface area contributed by atoms with Crippen molar-refractivity contribution >= 4 is 5.97 Å². The second-order valence-corrected chi connectivity index (χ2v) is 4.94. The molecule has 5 heteroatoms. The number of nitrogens with zero attached hydrogens (tertiary/aromatic N) is 1. The van der Waals surface area contributed by atoms with Crippen LogP contribution >= 0.6 is 0 Å². The summed E-state index contributed by atoms with van der Waals surface area (Å²) in [5.41, 5.74) is 4.02. The molecule has 0 radical (unpaired) electrons. The van der Waals surface area contributed by atoms with Crippen molar-refractivity contribution in [2.45, 2.75) is 44.8 Å². The summed E-state index contributed by atoms with van der Waals surface area (Å²) < 4.78 is 0. The van der Waals surface area contributed by atoms with E-state index in [-0.39, 0.29) is 0 Å². The van der Waals surface area contributed by atoms with Crippen molar-refractivity contribution in [3.05, 3.63) is 5.21 Å². The highest BCUT2D eigenvalue weighted by atomic mass is 16.5. The number of hydrogen-bond donors (Lipinski definition) is 2. The van der Waals surface area contributed by atoms with Crippen LogP contribution in [0.2, 0.25) is 0 Å². The summed E-state index contributed by atoms with van der Waals surface area (Å²) in [5, 5.41) is 21.7. The van der Waals surface area contributed by atoms with E-state index in [0.717, 1.165) is 5.06 Å². The van der Waals surface area contributed by atoms with Crippen molar-refractivity contribution in [3.63, 3.8) is 0 Å². The number of hydroxylamine groups is 2. The van der Waals surface area contributed by atoms with Crippen LogP contribution in [0.5, 0.6) is 0 Å². The van der Waals surface area contributed by atoms with Gasteiger partial charge in [-0.15, -0.1) is 0 Å². The second-order valence-electron chi connectivity index (χ2n) is 4.94. The molecule has 1 saturated heterocycles. The van der Waals surface area contributed by atoms with Gasteiger partial charge >= 0.3 is 5.97 Å². The summed E-state index contributed by atoms with van der Waals surface area (Å²) >= 11 is 0. The Morgan fingerprint density at radius 3 is 1.93 bits per heavy atom. The first-order valence-corrected chi connectivity index (χ1v) is 4.59. The Balaban J connectivity index is 3.16. The van der Waals surface area contributed by atoms with E-state index < -0.39 is 29.0 Å². The van der Waals surface area contributed by atoms with Gasteiger partial charge in [0.05, 0.1) is 5.92 Å². The minimum atomic E-state index is -1.01. The molecule has 2 unspecified atom stereocenters. The maximum atomic E-state index is 11.8. The minimum Gasteiger partial charge on any atom is -0.784 e. The maximum absolute atomic E-state index is 11.8. The van der Waals surface area contributed by atoms with Crippen molar-refractivity contribution in [1.29, 1.82) is 0 Å². The fourth-order valence-corrected chi connectivity index (χ4v) is 2.31. The molecule has 1 aliphatic rings. The third-order valence-corrected chi connectivity index (χ3v) is 3.25. The van der Waals surface area contributed by atoms with Crippen LogP contribution in [0.4, 0.5) is 0 Å². The molecular formula is C9H17N2O3-. The van der Waals surface area contributed by atoms with Crippen LogP contribution in [0.1, 0.15) is 27.7 Å². The fraction of sp³-hybridized carbons (Fsp3) is 0.889. The number of aliphatic carboxylic acids is 1. The Hall–Kier alpha value is -0.650. The highest BCUT2D eigenvalue weighted by molar-refractivity contribution is 5.74. The van der Waals surface area contributed by atoms with E-state index >= 15 is 0 Å². The summed E-state index contributed by atoms with van der Waals surface area (Å²) in [4.78, 5) is 11.0. The van der Waals surface area contributed by atoms with E-state index in [4.69, 9.17) is 10.8 Å². The zero-order valence-electron chi connectivity index (χ0n) is 8.94. The van der Waals surface area contributed by atoms with E-state index in [9.17, 15) is 10.0 Å². The molecule has 0 amide bonds. The first-order valence-electron chi connectivity index (χ1n) is 4.59. The lowest BCUT2D eigenvalue weighted by molar-refractivity contribution is -0.144. The van der Waals surface area contributed by atoms with Crippen molar-refractivity contribution in [3.8, 4) is 0 Å². The van der Waals surface area contributed by atoms with Gasteiger partial charge in [-0.05, 0) is 27.7 Å². The van der Waals surface area contributed by atoms with Crippen molar-refractivity contribution in [2.24, 2.45) is 11.7 Å². The molecule has 0 aliphatic carbocycles. The Morgan fingerprint density at radius 1 is 1.36 bits per heavy atom. The van der Waals surface area contributed by atoms with Crippen LogP contribution in [0.3, 0.4) is 0 Å². The summed E-state index contributed by atoms with van der Waals surface area (Å²) in [7, 11) is 0. The number of carboxylic acids is 1. The van der Waals surface area contributed by atoms with E-state index in [1.54, 1.807) is 27.7 Å². The molecule has 5 nitrogen and oxygen atoms in total. The molecule has 1 fully saturated rings. The monoisotopic (exact) mass is 201 g/mol. The Labute approximate surface area is 83.5 Å². The van der Waals surface area contributed by atoms with Crippen LogP contribution in [-0.4, -0.2) is 33.3 Å². The number of hydrogen-bond acceptors (Lipinski definition) is 4. The molecule has 1 aliphatic heterocycles. The van der Waals surface area contributed by atoms with Crippen molar-refractivity contribution in [1.82, 2.24) is 5.06 Å². The number of nitrogens with two attached hydrogens (primary N) is 1. The SMILES string of the molecule is CC1(C)C(N)C(C(=O)O)C(C)(C)N1[O-]. The van der Waals surface area contributed by atoms with Gasteiger partial charge < -0.3 is 21.1 Å². The van der Waals surface area contributed by atoms with E-state index in [0.29, 0.717) is 0 Å². The van der Waals surface area contributed by atoms with Crippen LogP contribution in [0.15, 0.2) is 0 Å². The molecule has 0 aromatic heterocycles. The van der Waals surface area contributed by atoms with Gasteiger partial charge in [0.15, 0.2) is 0 Å². The average Bonchev–Trinajstić information content (AvgIpc) is 2.10. The van der Waals surface area contributed by atoms with Gasteiger partial charge in [-0.1, -0.05) is 0 Å². The summed E-state index contributed by atoms with van der Waals surface area (Å²) in [6.07, 6.45) is 0. The molecule has 1 heterocycles. The molecule has 0 aromatic carbocycles. The number of carbonyl (C=O) groups is 1. The Kier molecular flexibility index (Phi) is 2.38. The van der Waals surface area contributed by atoms with Crippen molar-refractivity contribution < 1.29 is 9.90 Å². The van der Waals surface area contributed by atoms with Crippen LogP contribution in [-0.2, 0) is 4.79 Å². The standard InChI is InChI=1S/C9H17N2O3/c1-8(2)5(7(12)13)6(10)9(3,4)11(8)14/h5-6H,10H2,1-4H3,(H,12,13)/q-1. The summed E-state index contributed by atoms with van der Waals surface area (Å²) in [6, 6.07) is -0.646. The third kappa shape index (κ3) is 1.24. The van der Waals surface area contributed by atoms with Gasteiger partial charge in [-0.25, -0.2) is 0 Å². The average molecular weight is 201 g/mol. The molecule has 2 atom stereocenters. The van der Waals surface area contributed by atoms with E-state index in [1.807, 2.05) is 0 Å². The number of carboxylic acid groups (broad SMARTS) is 1. The van der Waals surface area contributed by atoms with Gasteiger partial charge in [0.1, 0.15) is 0 Å². The zero-order valence-corrected chi connectivity index (χ0v) is 8.94. The van der Waals surface area contributed by atoms with Gasteiger partial charge in [0.25, 0.3) is 0 Å². The molecular weight excluding hydrogens is 184 g/mol. The molecule has 0 bridgehead atoms. The van der Waals surface area contributed by atoms with Gasteiger partial charge in [0, 0.05) is 17.1 Å². The smallest absolute Gasteiger partial charge is 0.309 e. The molecule has 0 spiro atoms. The maximum Gasteiger partial charge on any atom is 0.309 e. The highest BCUT2D eigenvalue weighted by Crippen LogP contribution is 2.43. The molecule has 1 rings (SSSR count). The Bertz CT molecular complexity index is 263. The molecule has 0 saturated carbocycles. The molecule has 82 valence electrons. The van der Waals surface area contributed by atoms with Gasteiger partial charge in [-0.2, -0.15) is 0 Å². The Morgan fingerprint density at radius 2 is 1.79 bits per heavy atom. The fourth-order valence-electron chi connectivity index (χ4n) is 2.31. The van der Waals surface area contributed by atoms with Gasteiger partial charge in [0.2, 0.25) is 0 Å². The van der Waals surface area contributed by atoms with E-state index in [2.05, 4.69) is 0 Å². The van der Waals surface area contributed by atoms with Gasteiger partial charge in [-0.3, -0.25) is 4.79 Å². The topological polar surface area (TPSA) is 89.6 Å². The molecule has 0 aromatic rings. The first kappa shape index (κ1) is 11.4. The molecule has 14 heavy (non-hydrogen) atoms. The number of rotatable bonds is 1. The normalized spacial score (nSPS) is 35.9. The lowest BCUT2D eigenvalue weighted by atomic mass is 9.83. The van der Waals surface area contributed by atoms with Crippen LogP contribution in [0, 0.1) is 11.1 Å². The summed E-state index contributed by atoms with van der Waals surface area (Å²) in [6.45, 7) is 6.59. The third-order valence-electron chi connectivity index (χ3n) is 3.25. The zero-order chi connectivity index (χ0) is 11.3. The largest absolute Gasteiger partial charge is 0.784 e. The predicted octanol–water partition coefficient (Wildman–Crippen LogP) is 0.385. The molecule has 3 N–H and O–H groups in total. The summed E-state index contributed by atoms with van der Waals surface area (Å²) in [5.74, 6) is -1.83. The van der Waals surface area contributed by atoms with Crippen LogP contribution < -0.4 is 5.73 Å². The predicted molar refractivity (Wildman–Crippen MR) is 52.5 cm³/mol. The minimum absolute atomic E-state index is 0.646. The van der Waals surface area contributed by atoms with Crippen molar-refractivity contribution in [2.75, 3.05) is 0 Å². The second kappa shape index (κ2) is 2.92. The first-order chi connectivity index (χ1) is 6.13. The lowest BCUT2D eigenvalue weighted by Crippen LogP contribution is -2.49. The highest BCUT2D eigenvalue weighted by Gasteiger charge is 2.55. The lowest BCUT2D eigenvalue weighted by Gasteiger charge is -2.47. The van der Waals surface area contributed by atoms with E-state index in [1.165, 1.54) is 0 Å².